The molecule has 0 saturated heterocycles. The normalized spacial score (nSPS) is 24.6. The number of hydrogen-bond donors (Lipinski definition) is 0. The quantitative estimate of drug-likeness (QED) is 0.711. The van der Waals surface area contributed by atoms with Crippen LogP contribution in [0.1, 0.15) is 43.0 Å². The molecule has 0 bridgehead atoms. The second-order valence-corrected chi connectivity index (χ2v) is 5.39. The molecular formula is C14H16ClFO. The largest absolute Gasteiger partial charge is 0.294 e. The summed E-state index contributed by atoms with van der Waals surface area (Å²) in [6.07, 6.45) is 3.96. The Morgan fingerprint density at radius 3 is 2.88 bits per heavy atom. The van der Waals surface area contributed by atoms with Gasteiger partial charge in [0.15, 0.2) is 5.78 Å². The van der Waals surface area contributed by atoms with E-state index in [1.165, 1.54) is 24.6 Å². The van der Waals surface area contributed by atoms with E-state index in [2.05, 4.69) is 6.92 Å². The molecule has 0 N–H and O–H groups in total. The zero-order valence-electron chi connectivity index (χ0n) is 9.88. The molecule has 2 rings (SSSR count). The Morgan fingerprint density at radius 1 is 1.41 bits per heavy atom. The third-order valence-corrected chi connectivity index (χ3v) is 3.74. The molecule has 2 unspecified atom stereocenters. The van der Waals surface area contributed by atoms with Crippen molar-refractivity contribution in [2.24, 2.45) is 11.8 Å². The lowest BCUT2D eigenvalue weighted by molar-refractivity contribution is 0.0864. The number of rotatable bonds is 2. The van der Waals surface area contributed by atoms with E-state index in [1.807, 2.05) is 0 Å². The summed E-state index contributed by atoms with van der Waals surface area (Å²) < 4.78 is 13.6. The summed E-state index contributed by atoms with van der Waals surface area (Å²) in [5, 5.41) is 0.415. The summed E-state index contributed by atoms with van der Waals surface area (Å²) in [5.74, 6) is -0.0270. The number of Topliss-reactive ketones (excluding diaryl/α,β-unsaturated/α-hetero) is 1. The fourth-order valence-electron chi connectivity index (χ4n) is 2.58. The Balaban J connectivity index is 2.21. The number of halogens is 2. The van der Waals surface area contributed by atoms with Gasteiger partial charge < -0.3 is 0 Å². The van der Waals surface area contributed by atoms with E-state index in [0.717, 1.165) is 19.3 Å². The van der Waals surface area contributed by atoms with E-state index >= 15 is 0 Å². The highest BCUT2D eigenvalue weighted by atomic mass is 35.5. The van der Waals surface area contributed by atoms with Gasteiger partial charge in [-0.15, -0.1) is 0 Å². The number of carbonyl (C=O) groups excluding carboxylic acids is 1. The van der Waals surface area contributed by atoms with Crippen molar-refractivity contribution in [3.63, 3.8) is 0 Å². The van der Waals surface area contributed by atoms with E-state index < -0.39 is 5.82 Å². The molecule has 0 spiro atoms. The molecule has 2 atom stereocenters. The van der Waals surface area contributed by atoms with E-state index in [9.17, 15) is 9.18 Å². The summed E-state index contributed by atoms with van der Waals surface area (Å²) >= 11 is 5.81. The molecule has 92 valence electrons. The molecular weight excluding hydrogens is 239 g/mol. The number of ketones is 1. The van der Waals surface area contributed by atoms with Gasteiger partial charge in [-0.25, -0.2) is 4.39 Å². The van der Waals surface area contributed by atoms with Crippen LogP contribution in [0.3, 0.4) is 0 Å². The zero-order chi connectivity index (χ0) is 12.4. The van der Waals surface area contributed by atoms with Gasteiger partial charge in [0, 0.05) is 10.9 Å². The van der Waals surface area contributed by atoms with Crippen LogP contribution in [0.15, 0.2) is 18.2 Å². The first-order chi connectivity index (χ1) is 8.08. The molecule has 0 aliphatic heterocycles. The van der Waals surface area contributed by atoms with Crippen LogP contribution >= 0.6 is 11.6 Å². The van der Waals surface area contributed by atoms with Crippen LogP contribution in [0.4, 0.5) is 4.39 Å². The summed E-state index contributed by atoms with van der Waals surface area (Å²) in [5.41, 5.74) is 0.150. The van der Waals surface area contributed by atoms with Crippen molar-refractivity contribution in [3.05, 3.63) is 34.6 Å². The van der Waals surface area contributed by atoms with Crippen molar-refractivity contribution in [1.29, 1.82) is 0 Å². The highest BCUT2D eigenvalue weighted by molar-refractivity contribution is 6.31. The fourth-order valence-corrected chi connectivity index (χ4v) is 2.75. The second kappa shape index (κ2) is 5.18. The van der Waals surface area contributed by atoms with Gasteiger partial charge in [-0.2, -0.15) is 0 Å². The Kier molecular flexibility index (Phi) is 3.82. The van der Waals surface area contributed by atoms with Crippen molar-refractivity contribution in [2.45, 2.75) is 32.6 Å². The van der Waals surface area contributed by atoms with Gasteiger partial charge in [0.2, 0.25) is 0 Å². The topological polar surface area (TPSA) is 17.1 Å². The first kappa shape index (κ1) is 12.6. The van der Waals surface area contributed by atoms with Crippen LogP contribution in [0.25, 0.3) is 0 Å². The maximum Gasteiger partial charge on any atom is 0.168 e. The van der Waals surface area contributed by atoms with Gasteiger partial charge in [-0.1, -0.05) is 31.4 Å². The third kappa shape index (κ3) is 2.86. The highest BCUT2D eigenvalue weighted by Gasteiger charge is 2.27. The molecule has 1 fully saturated rings. The predicted molar refractivity (Wildman–Crippen MR) is 66.9 cm³/mol. The van der Waals surface area contributed by atoms with Crippen LogP contribution in [0.5, 0.6) is 0 Å². The second-order valence-electron chi connectivity index (χ2n) is 4.96. The van der Waals surface area contributed by atoms with Crippen molar-refractivity contribution < 1.29 is 9.18 Å². The van der Waals surface area contributed by atoms with Crippen molar-refractivity contribution in [3.8, 4) is 0 Å². The van der Waals surface area contributed by atoms with E-state index in [1.54, 1.807) is 0 Å². The standard InChI is InChI=1S/C14H16ClFO/c1-9-3-2-4-10(7-9)14(17)12-8-11(15)5-6-13(12)16/h5-6,8-10H,2-4,7H2,1H3. The smallest absolute Gasteiger partial charge is 0.168 e. The lowest BCUT2D eigenvalue weighted by atomic mass is 9.79. The Morgan fingerprint density at radius 2 is 2.18 bits per heavy atom. The maximum atomic E-state index is 13.6. The van der Waals surface area contributed by atoms with Crippen molar-refractivity contribution in [2.75, 3.05) is 0 Å². The van der Waals surface area contributed by atoms with Gasteiger partial charge >= 0.3 is 0 Å². The molecule has 1 aromatic rings. The summed E-state index contributed by atoms with van der Waals surface area (Å²) in [4.78, 5) is 12.2. The number of benzene rings is 1. The Labute approximate surface area is 106 Å². The van der Waals surface area contributed by atoms with Crippen LogP contribution in [-0.2, 0) is 0 Å². The maximum absolute atomic E-state index is 13.6. The molecule has 0 aromatic heterocycles. The molecule has 1 saturated carbocycles. The SMILES string of the molecule is CC1CCCC(C(=O)c2cc(Cl)ccc2F)C1. The van der Waals surface area contributed by atoms with Gasteiger partial charge in [-0.05, 0) is 37.0 Å². The molecule has 1 aliphatic rings. The Hall–Kier alpha value is -0.890. The fraction of sp³-hybridized carbons (Fsp3) is 0.500. The average Bonchev–Trinajstić information content (AvgIpc) is 2.31. The molecule has 17 heavy (non-hydrogen) atoms. The lowest BCUT2D eigenvalue weighted by Gasteiger charge is -2.25. The van der Waals surface area contributed by atoms with Crippen molar-refractivity contribution >= 4 is 17.4 Å². The van der Waals surface area contributed by atoms with Crippen LogP contribution in [0, 0.1) is 17.7 Å². The monoisotopic (exact) mass is 254 g/mol. The summed E-state index contributed by atoms with van der Waals surface area (Å²) in [6, 6.07) is 4.18. The van der Waals surface area contributed by atoms with Gasteiger partial charge in [-0.3, -0.25) is 4.79 Å². The lowest BCUT2D eigenvalue weighted by Crippen LogP contribution is -2.22. The number of carbonyl (C=O) groups is 1. The molecule has 0 heterocycles. The molecule has 1 aromatic carbocycles. The van der Waals surface area contributed by atoms with Gasteiger partial charge in [0.25, 0.3) is 0 Å². The van der Waals surface area contributed by atoms with Gasteiger partial charge in [0.05, 0.1) is 5.56 Å². The number of hydrogen-bond acceptors (Lipinski definition) is 1. The average molecular weight is 255 g/mol. The molecule has 1 nitrogen and oxygen atoms in total. The molecule has 0 amide bonds. The minimum Gasteiger partial charge on any atom is -0.294 e. The minimum atomic E-state index is -0.461. The van der Waals surface area contributed by atoms with E-state index in [0.29, 0.717) is 10.9 Å². The van der Waals surface area contributed by atoms with E-state index in [4.69, 9.17) is 11.6 Å². The molecule has 3 heteroatoms. The first-order valence-electron chi connectivity index (χ1n) is 6.07. The van der Waals surface area contributed by atoms with Crippen LogP contribution < -0.4 is 0 Å². The van der Waals surface area contributed by atoms with E-state index in [-0.39, 0.29) is 17.3 Å². The zero-order valence-corrected chi connectivity index (χ0v) is 10.6. The first-order valence-corrected chi connectivity index (χ1v) is 6.45. The molecule has 0 radical (unpaired) electrons. The van der Waals surface area contributed by atoms with Crippen LogP contribution in [0.2, 0.25) is 5.02 Å². The minimum absolute atomic E-state index is 0.0354. The summed E-state index contributed by atoms with van der Waals surface area (Å²) in [7, 11) is 0. The van der Waals surface area contributed by atoms with Crippen molar-refractivity contribution in [1.82, 2.24) is 0 Å². The Bertz CT molecular complexity index is 430. The third-order valence-electron chi connectivity index (χ3n) is 3.50. The molecule has 1 aliphatic carbocycles. The summed E-state index contributed by atoms with van der Waals surface area (Å²) in [6.45, 7) is 2.15. The predicted octanol–water partition coefficient (Wildman–Crippen LogP) is 4.49. The van der Waals surface area contributed by atoms with Gasteiger partial charge in [0.1, 0.15) is 5.82 Å². The highest BCUT2D eigenvalue weighted by Crippen LogP contribution is 2.31. The van der Waals surface area contributed by atoms with Crippen LogP contribution in [-0.4, -0.2) is 5.78 Å².